The molecule has 0 amide bonds. The number of nitrogens with two attached hydrogens (primary N) is 1. The Labute approximate surface area is 83.2 Å². The van der Waals surface area contributed by atoms with Gasteiger partial charge in [0.05, 0.1) is 6.20 Å². The van der Waals surface area contributed by atoms with Gasteiger partial charge in [-0.25, -0.2) is 4.98 Å². The zero-order valence-electron chi connectivity index (χ0n) is 7.98. The summed E-state index contributed by atoms with van der Waals surface area (Å²) in [5, 5.41) is 12.3. The summed E-state index contributed by atoms with van der Waals surface area (Å²) in [7, 11) is 0. The van der Waals surface area contributed by atoms with Crippen LogP contribution in [0.15, 0.2) is 18.3 Å². The van der Waals surface area contributed by atoms with Crippen molar-refractivity contribution in [1.82, 2.24) is 4.98 Å². The first-order valence-electron chi connectivity index (χ1n) is 4.91. The van der Waals surface area contributed by atoms with Crippen molar-refractivity contribution in [3.63, 3.8) is 0 Å². The van der Waals surface area contributed by atoms with Crippen LogP contribution in [0.2, 0.25) is 0 Å². The number of aromatic nitrogens is 1. The molecule has 1 heterocycles. The Morgan fingerprint density at radius 3 is 2.86 bits per heavy atom. The fourth-order valence-electron chi connectivity index (χ4n) is 1.83. The molecule has 0 saturated heterocycles. The van der Waals surface area contributed by atoms with E-state index in [9.17, 15) is 0 Å². The van der Waals surface area contributed by atoms with E-state index in [4.69, 9.17) is 10.8 Å². The lowest BCUT2D eigenvalue weighted by Gasteiger charge is -2.12. The van der Waals surface area contributed by atoms with Gasteiger partial charge in [0, 0.05) is 12.1 Å². The second kappa shape index (κ2) is 3.84. The van der Waals surface area contributed by atoms with Crippen LogP contribution in [0, 0.1) is 0 Å². The van der Waals surface area contributed by atoms with E-state index in [1.165, 1.54) is 6.20 Å². The van der Waals surface area contributed by atoms with Crippen LogP contribution in [0.25, 0.3) is 0 Å². The number of hydrogen-bond donors (Lipinski definition) is 3. The SMILES string of the molecule is NC1CCC(Nc2ccc(O)cn2)C1. The third-order valence-corrected chi connectivity index (χ3v) is 2.57. The van der Waals surface area contributed by atoms with E-state index in [0.717, 1.165) is 25.1 Å². The highest BCUT2D eigenvalue weighted by atomic mass is 16.3. The first-order chi connectivity index (χ1) is 6.74. The fourth-order valence-corrected chi connectivity index (χ4v) is 1.83. The number of anilines is 1. The van der Waals surface area contributed by atoms with Gasteiger partial charge in [0.1, 0.15) is 11.6 Å². The first kappa shape index (κ1) is 9.27. The average Bonchev–Trinajstić information content (AvgIpc) is 2.56. The predicted octanol–water partition coefficient (Wildman–Crippen LogP) is 1.08. The van der Waals surface area contributed by atoms with Crippen LogP contribution in [-0.4, -0.2) is 22.2 Å². The van der Waals surface area contributed by atoms with Crippen LogP contribution in [0.1, 0.15) is 19.3 Å². The second-order valence-corrected chi connectivity index (χ2v) is 3.82. The number of pyridine rings is 1. The van der Waals surface area contributed by atoms with Gasteiger partial charge >= 0.3 is 0 Å². The Morgan fingerprint density at radius 1 is 1.43 bits per heavy atom. The molecule has 2 unspecified atom stereocenters. The highest BCUT2D eigenvalue weighted by molar-refractivity contribution is 5.38. The van der Waals surface area contributed by atoms with Crippen molar-refractivity contribution in [3.8, 4) is 5.75 Å². The minimum Gasteiger partial charge on any atom is -0.506 e. The van der Waals surface area contributed by atoms with Crippen LogP contribution in [0.3, 0.4) is 0 Å². The number of nitrogens with zero attached hydrogens (tertiary/aromatic N) is 1. The normalized spacial score (nSPS) is 26.4. The third-order valence-electron chi connectivity index (χ3n) is 2.57. The van der Waals surface area contributed by atoms with Crippen molar-refractivity contribution in [1.29, 1.82) is 0 Å². The van der Waals surface area contributed by atoms with Gasteiger partial charge in [0.15, 0.2) is 0 Å². The summed E-state index contributed by atoms with van der Waals surface area (Å²) in [6.45, 7) is 0. The zero-order valence-corrected chi connectivity index (χ0v) is 7.98. The van der Waals surface area contributed by atoms with Crippen LogP contribution >= 0.6 is 0 Å². The van der Waals surface area contributed by atoms with Gasteiger partial charge < -0.3 is 16.2 Å². The molecule has 2 atom stereocenters. The maximum atomic E-state index is 9.05. The van der Waals surface area contributed by atoms with Gasteiger partial charge in [-0.15, -0.1) is 0 Å². The maximum absolute atomic E-state index is 9.05. The van der Waals surface area contributed by atoms with Crippen molar-refractivity contribution < 1.29 is 5.11 Å². The monoisotopic (exact) mass is 193 g/mol. The first-order valence-corrected chi connectivity index (χ1v) is 4.91. The summed E-state index contributed by atoms with van der Waals surface area (Å²) in [5.41, 5.74) is 5.80. The molecule has 0 bridgehead atoms. The van der Waals surface area contributed by atoms with Gasteiger partial charge in [-0.3, -0.25) is 0 Å². The number of rotatable bonds is 2. The third kappa shape index (κ3) is 2.14. The lowest BCUT2D eigenvalue weighted by molar-refractivity contribution is 0.473. The smallest absolute Gasteiger partial charge is 0.134 e. The molecular weight excluding hydrogens is 178 g/mol. The largest absolute Gasteiger partial charge is 0.506 e. The van der Waals surface area contributed by atoms with Crippen LogP contribution < -0.4 is 11.1 Å². The minimum atomic E-state index is 0.193. The minimum absolute atomic E-state index is 0.193. The summed E-state index contributed by atoms with van der Waals surface area (Å²) in [5.74, 6) is 1.00. The van der Waals surface area contributed by atoms with E-state index >= 15 is 0 Å². The Bertz CT molecular complexity index is 299. The fraction of sp³-hybridized carbons (Fsp3) is 0.500. The second-order valence-electron chi connectivity index (χ2n) is 3.82. The molecule has 1 aromatic rings. The number of aromatic hydroxyl groups is 1. The van der Waals surface area contributed by atoms with Gasteiger partial charge in [-0.2, -0.15) is 0 Å². The van der Waals surface area contributed by atoms with Gasteiger partial charge in [0.25, 0.3) is 0 Å². The Morgan fingerprint density at radius 2 is 2.29 bits per heavy atom. The van der Waals surface area contributed by atoms with Gasteiger partial charge in [-0.1, -0.05) is 0 Å². The molecule has 1 aromatic heterocycles. The number of hydrogen-bond acceptors (Lipinski definition) is 4. The average molecular weight is 193 g/mol. The van der Waals surface area contributed by atoms with Gasteiger partial charge in [-0.05, 0) is 31.4 Å². The quantitative estimate of drug-likeness (QED) is 0.657. The topological polar surface area (TPSA) is 71.2 Å². The van der Waals surface area contributed by atoms with Crippen LogP contribution in [-0.2, 0) is 0 Å². The van der Waals surface area contributed by atoms with Gasteiger partial charge in [0.2, 0.25) is 0 Å². The molecule has 4 nitrogen and oxygen atoms in total. The molecule has 4 heteroatoms. The molecule has 4 N–H and O–H groups in total. The van der Waals surface area contributed by atoms with E-state index in [1.54, 1.807) is 12.1 Å². The van der Waals surface area contributed by atoms with Crippen molar-refractivity contribution >= 4 is 5.82 Å². The molecule has 0 radical (unpaired) electrons. The lowest BCUT2D eigenvalue weighted by Crippen LogP contribution is -2.21. The predicted molar refractivity (Wildman–Crippen MR) is 55.1 cm³/mol. The van der Waals surface area contributed by atoms with Crippen molar-refractivity contribution in [2.24, 2.45) is 5.73 Å². The standard InChI is InChI=1S/C10H15N3O/c11-7-1-2-8(5-7)13-10-4-3-9(14)6-12-10/h3-4,6-8,14H,1-2,5,11H2,(H,12,13). The molecule has 76 valence electrons. The molecule has 0 spiro atoms. The van der Waals surface area contributed by atoms with Crippen LogP contribution in [0.4, 0.5) is 5.82 Å². The maximum Gasteiger partial charge on any atom is 0.134 e. The van der Waals surface area contributed by atoms with E-state index in [0.29, 0.717) is 12.1 Å². The van der Waals surface area contributed by atoms with E-state index in [-0.39, 0.29) is 5.75 Å². The lowest BCUT2D eigenvalue weighted by atomic mass is 10.2. The highest BCUT2D eigenvalue weighted by Crippen LogP contribution is 2.21. The van der Waals surface area contributed by atoms with E-state index in [1.807, 2.05) is 0 Å². The van der Waals surface area contributed by atoms with Crippen LogP contribution in [0.5, 0.6) is 5.75 Å². The molecule has 1 aliphatic carbocycles. The summed E-state index contributed by atoms with van der Waals surface area (Å²) >= 11 is 0. The molecule has 1 fully saturated rings. The molecule has 0 aromatic carbocycles. The molecule has 1 saturated carbocycles. The summed E-state index contributed by atoms with van der Waals surface area (Å²) < 4.78 is 0. The molecular formula is C10H15N3O. The van der Waals surface area contributed by atoms with Crippen molar-refractivity contribution in [3.05, 3.63) is 18.3 Å². The summed E-state index contributed by atoms with van der Waals surface area (Å²) in [6.07, 6.45) is 4.62. The molecule has 0 aliphatic heterocycles. The Hall–Kier alpha value is -1.29. The van der Waals surface area contributed by atoms with E-state index < -0.39 is 0 Å². The highest BCUT2D eigenvalue weighted by Gasteiger charge is 2.21. The Kier molecular flexibility index (Phi) is 2.54. The molecule has 1 aliphatic rings. The number of nitrogens with one attached hydrogen (secondary N) is 1. The summed E-state index contributed by atoms with van der Waals surface area (Å²) in [4.78, 5) is 4.06. The summed E-state index contributed by atoms with van der Waals surface area (Å²) in [6, 6.07) is 4.16. The van der Waals surface area contributed by atoms with E-state index in [2.05, 4.69) is 10.3 Å². The molecule has 2 rings (SSSR count). The molecule has 14 heavy (non-hydrogen) atoms. The Balaban J connectivity index is 1.94. The van der Waals surface area contributed by atoms with Crippen molar-refractivity contribution in [2.75, 3.05) is 5.32 Å². The van der Waals surface area contributed by atoms with Crippen molar-refractivity contribution in [2.45, 2.75) is 31.3 Å². The zero-order chi connectivity index (χ0) is 9.97.